The van der Waals surface area contributed by atoms with E-state index in [9.17, 15) is 4.79 Å². The molecule has 118 valence electrons. The molecule has 2 rings (SSSR count). The van der Waals surface area contributed by atoms with Crippen LogP contribution in [0.4, 0.5) is 0 Å². The number of benzene rings is 1. The van der Waals surface area contributed by atoms with Crippen molar-refractivity contribution in [2.24, 2.45) is 5.92 Å². The highest BCUT2D eigenvalue weighted by molar-refractivity contribution is 5.78. The van der Waals surface area contributed by atoms with Crippen LogP contribution in [0.3, 0.4) is 0 Å². The van der Waals surface area contributed by atoms with E-state index in [2.05, 4.69) is 41.1 Å². The van der Waals surface area contributed by atoms with Gasteiger partial charge in [0.25, 0.3) is 0 Å². The predicted octanol–water partition coefficient (Wildman–Crippen LogP) is 3.05. The summed E-state index contributed by atoms with van der Waals surface area (Å²) in [5.41, 5.74) is 1.31. The first kappa shape index (κ1) is 17.7. The molecule has 1 heterocycles. The fraction of sp³-hybridized carbons (Fsp3) is 0.611. The Balaban J connectivity index is 0.00000106. The van der Waals surface area contributed by atoms with Crippen molar-refractivity contribution in [2.45, 2.75) is 40.2 Å². The first-order valence-electron chi connectivity index (χ1n) is 8.11. The quantitative estimate of drug-likeness (QED) is 0.854. The van der Waals surface area contributed by atoms with Crippen LogP contribution in [0, 0.1) is 5.92 Å². The number of amides is 1. The number of piperazine rings is 1. The van der Waals surface area contributed by atoms with Gasteiger partial charge in [0.05, 0.1) is 0 Å². The zero-order chi connectivity index (χ0) is 15.8. The normalized spacial score (nSPS) is 19.1. The van der Waals surface area contributed by atoms with Crippen molar-refractivity contribution in [3.63, 3.8) is 0 Å². The second-order valence-corrected chi connectivity index (χ2v) is 5.79. The van der Waals surface area contributed by atoms with Gasteiger partial charge in [-0.2, -0.15) is 0 Å². The van der Waals surface area contributed by atoms with Crippen LogP contribution >= 0.6 is 0 Å². The number of nitrogens with zero attached hydrogens (tertiary/aromatic N) is 2. The lowest BCUT2D eigenvalue weighted by Gasteiger charge is -2.41. The van der Waals surface area contributed by atoms with Crippen molar-refractivity contribution in [3.05, 3.63) is 35.9 Å². The second-order valence-electron chi connectivity index (χ2n) is 5.79. The van der Waals surface area contributed by atoms with Gasteiger partial charge in [0.2, 0.25) is 5.91 Å². The molecule has 0 saturated carbocycles. The van der Waals surface area contributed by atoms with Crippen molar-refractivity contribution in [3.8, 4) is 0 Å². The summed E-state index contributed by atoms with van der Waals surface area (Å²) in [5.74, 6) is 0.371. The van der Waals surface area contributed by atoms with Crippen LogP contribution in [-0.4, -0.2) is 48.4 Å². The van der Waals surface area contributed by atoms with E-state index in [1.165, 1.54) is 5.56 Å². The highest BCUT2D eigenvalue weighted by Gasteiger charge is 2.30. The Bertz CT molecular complexity index is 416. The van der Waals surface area contributed by atoms with Crippen LogP contribution in [0.5, 0.6) is 0 Å². The molecule has 1 aliphatic rings. The molecule has 1 aromatic rings. The largest absolute Gasteiger partial charge is 0.337 e. The van der Waals surface area contributed by atoms with E-state index < -0.39 is 0 Å². The lowest BCUT2D eigenvalue weighted by Crippen LogP contribution is -2.55. The average Bonchev–Trinajstić information content (AvgIpc) is 2.50. The highest BCUT2D eigenvalue weighted by atomic mass is 16.2. The van der Waals surface area contributed by atoms with E-state index >= 15 is 0 Å². The standard InChI is InChI=1S/C16H24N2O.C2H6/c1-13(2)16(19)18-10-9-17(3)12-15(18)11-14-7-5-4-6-8-14;1-2/h4-8,13,15H,9-12H2,1-3H3;1-2H3. The minimum absolute atomic E-state index is 0.0849. The molecule has 0 bridgehead atoms. The van der Waals surface area contributed by atoms with Crippen LogP contribution < -0.4 is 0 Å². The molecule has 0 radical (unpaired) electrons. The molecule has 1 aliphatic heterocycles. The van der Waals surface area contributed by atoms with Gasteiger partial charge in [0.15, 0.2) is 0 Å². The van der Waals surface area contributed by atoms with Gasteiger partial charge in [-0.05, 0) is 19.0 Å². The molecule has 1 atom stereocenters. The molecule has 1 saturated heterocycles. The minimum atomic E-state index is 0.0849. The van der Waals surface area contributed by atoms with Gasteiger partial charge >= 0.3 is 0 Å². The summed E-state index contributed by atoms with van der Waals surface area (Å²) >= 11 is 0. The van der Waals surface area contributed by atoms with E-state index in [0.717, 1.165) is 26.1 Å². The molecule has 0 spiro atoms. The maximum absolute atomic E-state index is 12.3. The van der Waals surface area contributed by atoms with Gasteiger partial charge < -0.3 is 9.80 Å². The lowest BCUT2D eigenvalue weighted by molar-refractivity contribution is -0.139. The summed E-state index contributed by atoms with van der Waals surface area (Å²) < 4.78 is 0. The summed E-state index contributed by atoms with van der Waals surface area (Å²) in [7, 11) is 2.13. The third-order valence-electron chi connectivity index (χ3n) is 3.78. The highest BCUT2D eigenvalue weighted by Crippen LogP contribution is 2.16. The molecule has 0 N–H and O–H groups in total. The fourth-order valence-electron chi connectivity index (χ4n) is 2.69. The third-order valence-corrected chi connectivity index (χ3v) is 3.78. The van der Waals surface area contributed by atoms with Gasteiger partial charge in [-0.1, -0.05) is 58.0 Å². The summed E-state index contributed by atoms with van der Waals surface area (Å²) in [6, 6.07) is 10.8. The van der Waals surface area contributed by atoms with Crippen molar-refractivity contribution in [1.29, 1.82) is 0 Å². The zero-order valence-corrected chi connectivity index (χ0v) is 14.2. The molecular weight excluding hydrogens is 260 g/mol. The van der Waals surface area contributed by atoms with Gasteiger partial charge in [-0.25, -0.2) is 0 Å². The molecule has 1 aromatic carbocycles. The second kappa shape index (κ2) is 8.83. The van der Waals surface area contributed by atoms with E-state index in [-0.39, 0.29) is 11.8 Å². The summed E-state index contributed by atoms with van der Waals surface area (Å²) in [6.45, 7) is 10.8. The number of likely N-dealkylation sites (N-methyl/N-ethyl adjacent to an activating group) is 1. The zero-order valence-electron chi connectivity index (χ0n) is 14.2. The Morgan fingerprint density at radius 1 is 1.19 bits per heavy atom. The smallest absolute Gasteiger partial charge is 0.225 e. The van der Waals surface area contributed by atoms with Gasteiger partial charge in [-0.15, -0.1) is 0 Å². The SMILES string of the molecule is CC.CC(C)C(=O)N1CCN(C)CC1Cc1ccccc1. The number of hydrogen-bond acceptors (Lipinski definition) is 2. The van der Waals surface area contributed by atoms with Crippen LogP contribution in [0.25, 0.3) is 0 Å². The third kappa shape index (κ3) is 5.16. The Kier molecular flexibility index (Phi) is 7.44. The first-order valence-corrected chi connectivity index (χ1v) is 8.11. The summed E-state index contributed by atoms with van der Waals surface area (Å²) in [4.78, 5) is 16.7. The Hall–Kier alpha value is -1.35. The van der Waals surface area contributed by atoms with Crippen LogP contribution in [0.15, 0.2) is 30.3 Å². The van der Waals surface area contributed by atoms with Gasteiger partial charge in [-0.3, -0.25) is 4.79 Å². The summed E-state index contributed by atoms with van der Waals surface area (Å²) in [6.07, 6.45) is 0.948. The molecule has 3 heteroatoms. The van der Waals surface area contributed by atoms with E-state index in [0.29, 0.717) is 6.04 Å². The molecule has 3 nitrogen and oxygen atoms in total. The van der Waals surface area contributed by atoms with Crippen LogP contribution in [0.1, 0.15) is 33.3 Å². The molecule has 1 unspecified atom stereocenters. The van der Waals surface area contributed by atoms with Crippen LogP contribution in [0.2, 0.25) is 0 Å². The molecular formula is C18H30N2O. The first-order chi connectivity index (χ1) is 10.1. The molecule has 21 heavy (non-hydrogen) atoms. The van der Waals surface area contributed by atoms with E-state index in [4.69, 9.17) is 0 Å². The fourth-order valence-corrected chi connectivity index (χ4v) is 2.69. The van der Waals surface area contributed by atoms with Crippen molar-refractivity contribution >= 4 is 5.91 Å². The minimum Gasteiger partial charge on any atom is -0.337 e. The number of rotatable bonds is 3. The Labute approximate surface area is 129 Å². The number of hydrogen-bond donors (Lipinski definition) is 0. The topological polar surface area (TPSA) is 23.6 Å². The van der Waals surface area contributed by atoms with Gasteiger partial charge in [0, 0.05) is 31.6 Å². The maximum atomic E-state index is 12.3. The number of carbonyl (C=O) groups excluding carboxylic acids is 1. The van der Waals surface area contributed by atoms with E-state index in [1.54, 1.807) is 0 Å². The maximum Gasteiger partial charge on any atom is 0.225 e. The lowest BCUT2D eigenvalue weighted by atomic mass is 10.0. The van der Waals surface area contributed by atoms with Crippen molar-refractivity contribution in [1.82, 2.24) is 9.80 Å². The van der Waals surface area contributed by atoms with Crippen molar-refractivity contribution < 1.29 is 4.79 Å². The predicted molar refractivity (Wildman–Crippen MR) is 89.3 cm³/mol. The number of carbonyl (C=O) groups is 1. The molecule has 1 amide bonds. The Morgan fingerprint density at radius 3 is 2.38 bits per heavy atom. The van der Waals surface area contributed by atoms with Gasteiger partial charge in [0.1, 0.15) is 0 Å². The van der Waals surface area contributed by atoms with Crippen molar-refractivity contribution in [2.75, 3.05) is 26.7 Å². The monoisotopic (exact) mass is 290 g/mol. The van der Waals surface area contributed by atoms with Crippen LogP contribution in [-0.2, 0) is 11.2 Å². The molecule has 1 fully saturated rings. The molecule has 0 aromatic heterocycles. The molecule has 0 aliphatic carbocycles. The Morgan fingerprint density at radius 2 is 1.81 bits per heavy atom. The average molecular weight is 290 g/mol. The summed E-state index contributed by atoms with van der Waals surface area (Å²) in [5, 5.41) is 0. The van der Waals surface area contributed by atoms with E-state index in [1.807, 2.05) is 33.8 Å².